The lowest BCUT2D eigenvalue weighted by molar-refractivity contribution is -0.128. The summed E-state index contributed by atoms with van der Waals surface area (Å²) >= 11 is 6.06. The number of benzene rings is 1. The maximum atomic E-state index is 12.3. The van der Waals surface area contributed by atoms with Gasteiger partial charge in [-0.1, -0.05) is 23.7 Å². The van der Waals surface area contributed by atoms with Crippen LogP contribution in [0.5, 0.6) is 0 Å². The average molecular weight is 381 g/mol. The number of para-hydroxylation sites is 1. The number of hydrogen-bond acceptors (Lipinski definition) is 5. The molecule has 0 fully saturated rings. The number of fused-ring (bicyclic) bond motifs is 1. The van der Waals surface area contributed by atoms with Gasteiger partial charge in [-0.3, -0.25) is 10.1 Å². The largest absolute Gasteiger partial charge is 0.447 e. The summed E-state index contributed by atoms with van der Waals surface area (Å²) in [5.41, 5.74) is 0.431. The van der Waals surface area contributed by atoms with Crippen LogP contribution in [-0.4, -0.2) is 29.6 Å². The lowest BCUT2D eigenvalue weighted by Crippen LogP contribution is -2.50. The number of carbonyl (C=O) groups is 3. The van der Waals surface area contributed by atoms with Gasteiger partial charge in [-0.15, -0.1) is 0 Å². The third-order valence-electron chi connectivity index (χ3n) is 3.48. The molecule has 0 aliphatic carbocycles. The lowest BCUT2D eigenvalue weighted by atomic mass is 10.1. The quantitative estimate of drug-likeness (QED) is 0.793. The number of aryl methyl sites for hydroxylation is 1. The number of furan rings is 1. The van der Waals surface area contributed by atoms with Crippen LogP contribution < -0.4 is 10.6 Å². The van der Waals surface area contributed by atoms with Crippen molar-refractivity contribution in [2.24, 2.45) is 0 Å². The Morgan fingerprint density at radius 3 is 2.46 bits per heavy atom. The molecule has 0 aliphatic heterocycles. The van der Waals surface area contributed by atoms with Crippen molar-refractivity contribution >= 4 is 40.5 Å². The molecule has 140 valence electrons. The molecule has 3 amide bonds. The van der Waals surface area contributed by atoms with Crippen LogP contribution in [0.4, 0.5) is 4.79 Å². The summed E-state index contributed by atoms with van der Waals surface area (Å²) in [4.78, 5) is 36.1. The topological polar surface area (TPSA) is 97.6 Å². The van der Waals surface area contributed by atoms with Crippen molar-refractivity contribution < 1.29 is 23.5 Å². The molecular weight excluding hydrogens is 360 g/mol. The van der Waals surface area contributed by atoms with Crippen molar-refractivity contribution in [2.45, 2.75) is 46.3 Å². The van der Waals surface area contributed by atoms with Gasteiger partial charge in [-0.25, -0.2) is 9.59 Å². The molecule has 1 heterocycles. The molecule has 2 rings (SSSR count). The molecule has 7 nitrogen and oxygen atoms in total. The fourth-order valence-corrected chi connectivity index (χ4v) is 2.47. The number of ether oxygens (including phenoxy) is 1. The highest BCUT2D eigenvalue weighted by atomic mass is 35.5. The summed E-state index contributed by atoms with van der Waals surface area (Å²) in [7, 11) is 0. The van der Waals surface area contributed by atoms with Gasteiger partial charge in [-0.2, -0.15) is 0 Å². The van der Waals surface area contributed by atoms with E-state index in [-0.39, 0.29) is 5.76 Å². The van der Waals surface area contributed by atoms with E-state index >= 15 is 0 Å². The van der Waals surface area contributed by atoms with Crippen LogP contribution in [-0.2, 0) is 9.53 Å². The number of urea groups is 1. The Bertz CT molecular complexity index is 866. The summed E-state index contributed by atoms with van der Waals surface area (Å²) in [6.07, 6.45) is -1.18. The molecule has 0 spiro atoms. The Morgan fingerprint density at radius 1 is 1.23 bits per heavy atom. The minimum Gasteiger partial charge on any atom is -0.447 e. The van der Waals surface area contributed by atoms with Gasteiger partial charge in [0.05, 0.1) is 5.02 Å². The van der Waals surface area contributed by atoms with E-state index in [0.29, 0.717) is 21.6 Å². The van der Waals surface area contributed by atoms with Gasteiger partial charge in [0.25, 0.3) is 5.91 Å². The fourth-order valence-electron chi connectivity index (χ4n) is 2.26. The van der Waals surface area contributed by atoms with E-state index in [0.717, 1.165) is 0 Å². The molecule has 26 heavy (non-hydrogen) atoms. The Morgan fingerprint density at radius 2 is 1.88 bits per heavy atom. The number of hydrogen-bond donors (Lipinski definition) is 2. The average Bonchev–Trinajstić information content (AvgIpc) is 2.84. The molecule has 0 aliphatic rings. The van der Waals surface area contributed by atoms with Crippen LogP contribution in [0.1, 0.15) is 43.8 Å². The molecule has 0 radical (unpaired) electrons. The molecule has 1 atom stereocenters. The van der Waals surface area contributed by atoms with Crippen molar-refractivity contribution in [3.63, 3.8) is 0 Å². The molecule has 0 saturated heterocycles. The van der Waals surface area contributed by atoms with E-state index in [1.807, 2.05) is 0 Å². The minimum atomic E-state index is -1.18. The molecule has 2 N–H and O–H groups in total. The third kappa shape index (κ3) is 4.54. The Balaban J connectivity index is 2.07. The van der Waals surface area contributed by atoms with Gasteiger partial charge >= 0.3 is 12.0 Å². The zero-order chi connectivity index (χ0) is 19.6. The molecule has 0 saturated carbocycles. The SMILES string of the molecule is Cc1c(C(=O)OC(C)C(=O)NC(=O)NC(C)(C)C)oc2c(Cl)cccc12. The van der Waals surface area contributed by atoms with E-state index in [4.69, 9.17) is 20.8 Å². The van der Waals surface area contributed by atoms with Crippen LogP contribution in [0.15, 0.2) is 22.6 Å². The molecule has 1 unspecified atom stereocenters. The standard InChI is InChI=1S/C18H21ClN2O5/c1-9-11-7-6-8-12(19)14(11)26-13(9)16(23)25-10(2)15(22)20-17(24)21-18(3,4)5/h6-8,10H,1-5H3,(H2,20,21,22,24). The maximum Gasteiger partial charge on any atom is 0.375 e. The first kappa shape index (κ1) is 19.8. The van der Waals surface area contributed by atoms with Crippen molar-refractivity contribution in [1.82, 2.24) is 10.6 Å². The van der Waals surface area contributed by atoms with Crippen LogP contribution in [0.25, 0.3) is 11.0 Å². The monoisotopic (exact) mass is 380 g/mol. The second-order valence-corrected chi connectivity index (χ2v) is 7.32. The zero-order valence-corrected chi connectivity index (χ0v) is 16.0. The highest BCUT2D eigenvalue weighted by molar-refractivity contribution is 6.35. The van der Waals surface area contributed by atoms with Crippen LogP contribution in [0, 0.1) is 6.92 Å². The molecule has 1 aromatic carbocycles. The number of esters is 1. The second-order valence-electron chi connectivity index (χ2n) is 6.91. The Kier molecular flexibility index (Phi) is 5.61. The van der Waals surface area contributed by atoms with E-state index < -0.39 is 29.6 Å². The Labute approximate surface area is 156 Å². The van der Waals surface area contributed by atoms with Crippen molar-refractivity contribution in [2.75, 3.05) is 0 Å². The van der Waals surface area contributed by atoms with Gasteiger partial charge in [0.1, 0.15) is 0 Å². The van der Waals surface area contributed by atoms with Crippen molar-refractivity contribution in [1.29, 1.82) is 0 Å². The molecule has 2 aromatic rings. The highest BCUT2D eigenvalue weighted by Crippen LogP contribution is 2.31. The third-order valence-corrected chi connectivity index (χ3v) is 3.78. The van der Waals surface area contributed by atoms with E-state index in [1.165, 1.54) is 6.92 Å². The second kappa shape index (κ2) is 7.37. The maximum absolute atomic E-state index is 12.3. The summed E-state index contributed by atoms with van der Waals surface area (Å²) in [5.74, 6) is -1.59. The van der Waals surface area contributed by atoms with Crippen LogP contribution in [0.2, 0.25) is 5.02 Å². The minimum absolute atomic E-state index is 0.0353. The fraction of sp³-hybridized carbons (Fsp3) is 0.389. The van der Waals surface area contributed by atoms with Crippen molar-refractivity contribution in [3.8, 4) is 0 Å². The molecule has 1 aromatic heterocycles. The first-order valence-corrected chi connectivity index (χ1v) is 8.39. The summed E-state index contributed by atoms with van der Waals surface area (Å²) in [6, 6.07) is 4.49. The molecule has 0 bridgehead atoms. The molecular formula is C18H21ClN2O5. The summed E-state index contributed by atoms with van der Waals surface area (Å²) in [5, 5.41) is 5.76. The van der Waals surface area contributed by atoms with Gasteiger partial charge < -0.3 is 14.5 Å². The number of nitrogens with one attached hydrogen (secondary N) is 2. The normalized spacial score (nSPS) is 12.5. The predicted octanol–water partition coefficient (Wildman–Crippen LogP) is 3.56. The Hall–Kier alpha value is -2.54. The van der Waals surface area contributed by atoms with E-state index in [2.05, 4.69) is 10.6 Å². The summed E-state index contributed by atoms with van der Waals surface area (Å²) in [6.45, 7) is 8.38. The number of imide groups is 1. The zero-order valence-electron chi connectivity index (χ0n) is 15.2. The summed E-state index contributed by atoms with van der Waals surface area (Å²) < 4.78 is 10.6. The van der Waals surface area contributed by atoms with Gasteiger partial charge in [0.15, 0.2) is 11.7 Å². The smallest absolute Gasteiger partial charge is 0.375 e. The first-order chi connectivity index (χ1) is 12.0. The number of rotatable bonds is 3. The van der Waals surface area contributed by atoms with Gasteiger partial charge in [0.2, 0.25) is 5.76 Å². The van der Waals surface area contributed by atoms with Gasteiger partial charge in [0, 0.05) is 16.5 Å². The van der Waals surface area contributed by atoms with Crippen molar-refractivity contribution in [3.05, 3.63) is 34.5 Å². The number of halogens is 1. The van der Waals surface area contributed by atoms with Crippen LogP contribution in [0.3, 0.4) is 0 Å². The number of carbonyl (C=O) groups excluding carboxylic acids is 3. The highest BCUT2D eigenvalue weighted by Gasteiger charge is 2.26. The number of amides is 3. The van der Waals surface area contributed by atoms with Gasteiger partial charge in [-0.05, 0) is 40.7 Å². The van der Waals surface area contributed by atoms with Crippen LogP contribution >= 0.6 is 11.6 Å². The lowest BCUT2D eigenvalue weighted by Gasteiger charge is -2.21. The molecule has 8 heteroatoms. The first-order valence-electron chi connectivity index (χ1n) is 8.01. The van der Waals surface area contributed by atoms with E-state index in [1.54, 1.807) is 45.9 Å². The van der Waals surface area contributed by atoms with E-state index in [9.17, 15) is 14.4 Å². The predicted molar refractivity (Wildman–Crippen MR) is 97.3 cm³/mol.